The molecule has 0 bridgehead atoms. The third-order valence-electron chi connectivity index (χ3n) is 2.97. The van der Waals surface area contributed by atoms with E-state index in [9.17, 15) is 9.59 Å². The minimum Gasteiger partial charge on any atom is -0.469 e. The Balaban J connectivity index is 2.57. The van der Waals surface area contributed by atoms with Crippen molar-refractivity contribution >= 4 is 12.1 Å². The number of hydrogen-bond donors (Lipinski definition) is 1. The summed E-state index contributed by atoms with van der Waals surface area (Å²) in [4.78, 5) is 23.3. The van der Waals surface area contributed by atoms with Gasteiger partial charge in [0.05, 0.1) is 13.0 Å². The molecule has 18 heavy (non-hydrogen) atoms. The molecule has 5 heteroatoms. The predicted octanol–water partition coefficient (Wildman–Crippen LogP) is 2.24. The molecule has 0 radical (unpaired) electrons. The van der Waals surface area contributed by atoms with Crippen molar-refractivity contribution in [1.82, 2.24) is 5.32 Å². The zero-order chi connectivity index (χ0) is 13.8. The monoisotopic (exact) mass is 257 g/mol. The molecule has 0 unspecified atom stereocenters. The Morgan fingerprint density at radius 3 is 2.33 bits per heavy atom. The van der Waals surface area contributed by atoms with E-state index in [4.69, 9.17) is 9.47 Å². The summed E-state index contributed by atoms with van der Waals surface area (Å²) in [5.41, 5.74) is -0.528. The summed E-state index contributed by atoms with van der Waals surface area (Å²) in [6, 6.07) is -0.180. The molecule has 104 valence electrons. The average Bonchev–Trinajstić information content (AvgIpc) is 2.26. The summed E-state index contributed by atoms with van der Waals surface area (Å²) < 4.78 is 9.97. The van der Waals surface area contributed by atoms with Gasteiger partial charge in [-0.3, -0.25) is 4.79 Å². The zero-order valence-electron chi connectivity index (χ0n) is 11.6. The lowest BCUT2D eigenvalue weighted by molar-refractivity contribution is -0.147. The fourth-order valence-electron chi connectivity index (χ4n) is 2.20. The topological polar surface area (TPSA) is 64.6 Å². The number of nitrogens with one attached hydrogen (secondary N) is 1. The number of carbonyl (C=O) groups is 2. The van der Waals surface area contributed by atoms with E-state index in [0.717, 1.165) is 25.7 Å². The van der Waals surface area contributed by atoms with E-state index in [0.29, 0.717) is 0 Å². The first-order chi connectivity index (χ1) is 8.33. The molecular formula is C13H23NO4. The minimum atomic E-state index is -0.528. The number of carbonyl (C=O) groups excluding carboxylic acids is 2. The molecule has 0 aromatic carbocycles. The number of esters is 1. The van der Waals surface area contributed by atoms with Gasteiger partial charge >= 0.3 is 12.1 Å². The van der Waals surface area contributed by atoms with Crippen LogP contribution in [0.2, 0.25) is 0 Å². The van der Waals surface area contributed by atoms with Crippen molar-refractivity contribution in [2.24, 2.45) is 5.92 Å². The molecule has 0 saturated heterocycles. The molecule has 1 N–H and O–H groups in total. The maximum Gasteiger partial charge on any atom is 0.407 e. The van der Waals surface area contributed by atoms with Crippen molar-refractivity contribution in [3.63, 3.8) is 0 Å². The highest BCUT2D eigenvalue weighted by Gasteiger charge is 2.33. The van der Waals surface area contributed by atoms with Gasteiger partial charge < -0.3 is 14.8 Å². The van der Waals surface area contributed by atoms with Gasteiger partial charge in [-0.2, -0.15) is 0 Å². The molecule has 1 aliphatic rings. The number of amides is 1. The van der Waals surface area contributed by atoms with E-state index < -0.39 is 11.7 Å². The maximum absolute atomic E-state index is 11.7. The second-order valence-electron chi connectivity index (χ2n) is 5.67. The van der Waals surface area contributed by atoms with Crippen molar-refractivity contribution in [1.29, 1.82) is 0 Å². The van der Waals surface area contributed by atoms with E-state index in [1.807, 2.05) is 20.8 Å². The zero-order valence-corrected chi connectivity index (χ0v) is 11.6. The fraction of sp³-hybridized carbons (Fsp3) is 0.846. The molecule has 0 heterocycles. The normalized spacial score (nSPS) is 24.2. The molecule has 0 aliphatic heterocycles. The molecule has 1 aliphatic carbocycles. The Morgan fingerprint density at radius 2 is 1.78 bits per heavy atom. The smallest absolute Gasteiger partial charge is 0.407 e. The molecule has 1 fully saturated rings. The molecule has 0 aromatic rings. The van der Waals surface area contributed by atoms with Crippen LogP contribution in [-0.2, 0) is 14.3 Å². The van der Waals surface area contributed by atoms with Crippen LogP contribution in [0.4, 0.5) is 4.79 Å². The first kappa shape index (κ1) is 14.8. The van der Waals surface area contributed by atoms with Gasteiger partial charge in [0.15, 0.2) is 0 Å². The molecule has 1 rings (SSSR count). The predicted molar refractivity (Wildman–Crippen MR) is 67.1 cm³/mol. The van der Waals surface area contributed by atoms with Crippen LogP contribution in [-0.4, -0.2) is 30.8 Å². The lowest BCUT2D eigenvalue weighted by atomic mass is 9.84. The summed E-state index contributed by atoms with van der Waals surface area (Å²) in [5.74, 6) is -0.507. The third kappa shape index (κ3) is 4.55. The van der Waals surface area contributed by atoms with Gasteiger partial charge in [-0.05, 0) is 33.6 Å². The van der Waals surface area contributed by atoms with Gasteiger partial charge in [-0.1, -0.05) is 12.8 Å². The number of hydrogen-bond acceptors (Lipinski definition) is 4. The van der Waals surface area contributed by atoms with Gasteiger partial charge in [0.2, 0.25) is 0 Å². The van der Waals surface area contributed by atoms with Crippen molar-refractivity contribution in [2.75, 3.05) is 7.11 Å². The van der Waals surface area contributed by atoms with Crippen LogP contribution in [0.1, 0.15) is 46.5 Å². The molecule has 0 spiro atoms. The van der Waals surface area contributed by atoms with Crippen LogP contribution in [0, 0.1) is 5.92 Å². The number of ether oxygens (including phenoxy) is 2. The van der Waals surface area contributed by atoms with Gasteiger partial charge in [-0.25, -0.2) is 4.79 Å². The number of methoxy groups -OCH3 is 1. The van der Waals surface area contributed by atoms with Crippen molar-refractivity contribution in [3.8, 4) is 0 Å². The minimum absolute atomic E-state index is 0.180. The van der Waals surface area contributed by atoms with E-state index in [2.05, 4.69) is 5.32 Å². The molecule has 0 aromatic heterocycles. The van der Waals surface area contributed by atoms with Crippen molar-refractivity contribution in [3.05, 3.63) is 0 Å². The van der Waals surface area contributed by atoms with Gasteiger partial charge in [-0.15, -0.1) is 0 Å². The van der Waals surface area contributed by atoms with E-state index in [1.54, 1.807) is 0 Å². The van der Waals surface area contributed by atoms with Crippen molar-refractivity contribution < 1.29 is 19.1 Å². The van der Waals surface area contributed by atoms with E-state index in [1.165, 1.54) is 7.11 Å². The highest BCUT2D eigenvalue weighted by molar-refractivity contribution is 5.75. The molecule has 1 saturated carbocycles. The number of alkyl carbamates (subject to hydrolysis) is 1. The molecular weight excluding hydrogens is 234 g/mol. The van der Waals surface area contributed by atoms with Crippen LogP contribution in [0.15, 0.2) is 0 Å². The van der Waals surface area contributed by atoms with Crippen LogP contribution < -0.4 is 5.32 Å². The SMILES string of the molecule is COC(=O)[C@@H]1CCCC[C@@H]1NC(=O)OC(C)(C)C. The first-order valence-electron chi connectivity index (χ1n) is 6.41. The third-order valence-corrected chi connectivity index (χ3v) is 2.97. The standard InChI is InChI=1S/C13H23NO4/c1-13(2,3)18-12(16)14-10-8-6-5-7-9(10)11(15)17-4/h9-10H,5-8H2,1-4H3,(H,14,16)/t9-,10+/m1/s1. The lowest BCUT2D eigenvalue weighted by Gasteiger charge is -2.31. The quantitative estimate of drug-likeness (QED) is 0.770. The van der Waals surface area contributed by atoms with Crippen LogP contribution >= 0.6 is 0 Å². The maximum atomic E-state index is 11.7. The summed E-state index contributed by atoms with van der Waals surface area (Å²) in [6.45, 7) is 5.43. The summed E-state index contributed by atoms with van der Waals surface area (Å²) in [5, 5.41) is 2.78. The summed E-state index contributed by atoms with van der Waals surface area (Å²) in [7, 11) is 1.38. The Labute approximate surface area is 108 Å². The Kier molecular flexibility index (Phi) is 4.99. The second kappa shape index (κ2) is 6.07. The van der Waals surface area contributed by atoms with E-state index in [-0.39, 0.29) is 17.9 Å². The molecule has 2 atom stereocenters. The largest absolute Gasteiger partial charge is 0.469 e. The van der Waals surface area contributed by atoms with Crippen LogP contribution in [0.3, 0.4) is 0 Å². The van der Waals surface area contributed by atoms with Gasteiger partial charge in [0, 0.05) is 6.04 Å². The Hall–Kier alpha value is -1.26. The van der Waals surface area contributed by atoms with Crippen LogP contribution in [0.5, 0.6) is 0 Å². The van der Waals surface area contributed by atoms with Gasteiger partial charge in [0.1, 0.15) is 5.60 Å². The summed E-state index contributed by atoms with van der Waals surface area (Å²) >= 11 is 0. The lowest BCUT2D eigenvalue weighted by Crippen LogP contribution is -2.47. The second-order valence-corrected chi connectivity index (χ2v) is 5.67. The van der Waals surface area contributed by atoms with Crippen molar-refractivity contribution in [2.45, 2.75) is 58.1 Å². The Bertz CT molecular complexity index is 309. The van der Waals surface area contributed by atoms with Gasteiger partial charge in [0.25, 0.3) is 0 Å². The highest BCUT2D eigenvalue weighted by Crippen LogP contribution is 2.25. The van der Waals surface area contributed by atoms with E-state index >= 15 is 0 Å². The first-order valence-corrected chi connectivity index (χ1v) is 6.41. The average molecular weight is 257 g/mol. The van der Waals surface area contributed by atoms with Crippen LogP contribution in [0.25, 0.3) is 0 Å². The molecule has 5 nitrogen and oxygen atoms in total. The number of rotatable bonds is 2. The summed E-state index contributed by atoms with van der Waals surface area (Å²) in [6.07, 6.45) is 3.08. The Morgan fingerprint density at radius 1 is 1.17 bits per heavy atom. The fourth-order valence-corrected chi connectivity index (χ4v) is 2.20. The highest BCUT2D eigenvalue weighted by atomic mass is 16.6. The molecule has 1 amide bonds.